The Bertz CT molecular complexity index is 411. The second-order valence-corrected chi connectivity index (χ2v) is 5.30. The Balaban J connectivity index is 1.75. The molecule has 0 aliphatic carbocycles. The molecule has 0 amide bonds. The first-order chi connectivity index (χ1) is 9.30. The van der Waals surface area contributed by atoms with Crippen molar-refractivity contribution in [3.63, 3.8) is 0 Å². The molecule has 104 valence electrons. The highest BCUT2D eigenvalue weighted by atomic mass is 16.5. The van der Waals surface area contributed by atoms with Gasteiger partial charge in [-0.1, -0.05) is 6.07 Å². The smallest absolute Gasteiger partial charge is 0.212 e. The van der Waals surface area contributed by atoms with E-state index in [1.165, 1.54) is 12.8 Å². The van der Waals surface area contributed by atoms with E-state index >= 15 is 0 Å². The van der Waals surface area contributed by atoms with Gasteiger partial charge in [-0.25, -0.2) is 4.98 Å². The summed E-state index contributed by atoms with van der Waals surface area (Å²) in [5.41, 5.74) is 7.13. The van der Waals surface area contributed by atoms with Gasteiger partial charge in [-0.05, 0) is 18.4 Å². The van der Waals surface area contributed by atoms with E-state index in [-0.39, 0.29) is 6.04 Å². The van der Waals surface area contributed by atoms with Gasteiger partial charge >= 0.3 is 0 Å². The third-order valence-electron chi connectivity index (χ3n) is 4.09. The van der Waals surface area contributed by atoms with Gasteiger partial charge in [0, 0.05) is 37.9 Å². The maximum Gasteiger partial charge on any atom is 0.212 e. The second kappa shape index (κ2) is 5.45. The van der Waals surface area contributed by atoms with Gasteiger partial charge in [0.2, 0.25) is 5.88 Å². The molecule has 2 saturated heterocycles. The molecule has 2 bridgehead atoms. The zero-order chi connectivity index (χ0) is 13.2. The Kier molecular flexibility index (Phi) is 3.68. The van der Waals surface area contributed by atoms with Crippen molar-refractivity contribution in [3.8, 4) is 5.88 Å². The largest absolute Gasteiger partial charge is 0.481 e. The van der Waals surface area contributed by atoms with Crippen LogP contribution in [0, 0.1) is 0 Å². The summed E-state index contributed by atoms with van der Waals surface area (Å²) in [5.74, 6) is 0.640. The summed E-state index contributed by atoms with van der Waals surface area (Å²) >= 11 is 0. The molecule has 1 aromatic heterocycles. The molecule has 3 unspecified atom stereocenters. The fourth-order valence-corrected chi connectivity index (χ4v) is 3.11. The summed E-state index contributed by atoms with van der Waals surface area (Å²) in [7, 11) is 1.63. The third-order valence-corrected chi connectivity index (χ3v) is 4.09. The topological polar surface area (TPSA) is 60.6 Å². The van der Waals surface area contributed by atoms with Crippen LogP contribution < -0.4 is 10.5 Å². The normalized spacial score (nSPS) is 28.3. The lowest BCUT2D eigenvalue weighted by Crippen LogP contribution is -2.46. The summed E-state index contributed by atoms with van der Waals surface area (Å²) in [6.45, 7) is 2.56. The minimum absolute atomic E-state index is 0.227. The first kappa shape index (κ1) is 12.8. The van der Waals surface area contributed by atoms with Gasteiger partial charge in [-0.3, -0.25) is 4.90 Å². The Labute approximate surface area is 113 Å². The molecule has 2 N–H and O–H groups in total. The van der Waals surface area contributed by atoms with Crippen LogP contribution in [-0.4, -0.2) is 48.8 Å². The van der Waals surface area contributed by atoms with E-state index in [4.69, 9.17) is 15.2 Å². The van der Waals surface area contributed by atoms with Crippen molar-refractivity contribution in [2.45, 2.75) is 31.1 Å². The summed E-state index contributed by atoms with van der Waals surface area (Å²) in [6.07, 6.45) is 5.00. The maximum absolute atomic E-state index is 5.98. The van der Waals surface area contributed by atoms with Crippen molar-refractivity contribution in [2.24, 2.45) is 5.73 Å². The Hall–Kier alpha value is -1.17. The van der Waals surface area contributed by atoms with Gasteiger partial charge in [-0.2, -0.15) is 0 Å². The van der Waals surface area contributed by atoms with Crippen LogP contribution in [0.5, 0.6) is 5.88 Å². The van der Waals surface area contributed by atoms with Crippen LogP contribution in [0.3, 0.4) is 0 Å². The first-order valence-corrected chi connectivity index (χ1v) is 6.89. The quantitative estimate of drug-likeness (QED) is 0.876. The molecule has 3 atom stereocenters. The average molecular weight is 263 g/mol. The highest BCUT2D eigenvalue weighted by Gasteiger charge is 2.36. The summed E-state index contributed by atoms with van der Waals surface area (Å²) < 4.78 is 11.0. The van der Waals surface area contributed by atoms with Crippen molar-refractivity contribution < 1.29 is 9.47 Å². The van der Waals surface area contributed by atoms with Crippen LogP contribution >= 0.6 is 0 Å². The minimum atomic E-state index is 0.227. The lowest BCUT2D eigenvalue weighted by Gasteiger charge is -2.37. The van der Waals surface area contributed by atoms with E-state index in [1.807, 2.05) is 12.3 Å². The number of fused-ring (bicyclic) bond motifs is 2. The molecule has 3 heterocycles. The van der Waals surface area contributed by atoms with E-state index < -0.39 is 0 Å². The number of ether oxygens (including phenoxy) is 2. The SMILES string of the molecule is COc1ccc(C(CN)N2CC3CCC(C2)O3)cn1. The van der Waals surface area contributed by atoms with Gasteiger partial charge in [0.1, 0.15) is 0 Å². The average Bonchev–Trinajstić information content (AvgIpc) is 2.79. The van der Waals surface area contributed by atoms with Crippen LogP contribution in [0.4, 0.5) is 0 Å². The molecule has 5 nitrogen and oxygen atoms in total. The fourth-order valence-electron chi connectivity index (χ4n) is 3.11. The number of rotatable bonds is 4. The molecular formula is C14H21N3O2. The highest BCUT2D eigenvalue weighted by molar-refractivity contribution is 5.21. The molecule has 1 aromatic rings. The van der Waals surface area contributed by atoms with E-state index in [0.717, 1.165) is 18.7 Å². The molecule has 0 aromatic carbocycles. The van der Waals surface area contributed by atoms with Gasteiger partial charge < -0.3 is 15.2 Å². The standard InChI is InChI=1S/C14H21N3O2/c1-18-14-5-2-10(7-16-14)13(6-15)17-8-11-3-4-12(9-17)19-11/h2,5,7,11-13H,3-4,6,8-9,15H2,1H3. The fraction of sp³-hybridized carbons (Fsp3) is 0.643. The third kappa shape index (κ3) is 2.59. The summed E-state index contributed by atoms with van der Waals surface area (Å²) in [6, 6.07) is 4.18. The molecule has 3 rings (SSSR count). The van der Waals surface area contributed by atoms with Crippen LogP contribution in [0.15, 0.2) is 18.3 Å². The van der Waals surface area contributed by atoms with Gasteiger partial charge in [0.25, 0.3) is 0 Å². The molecule has 0 saturated carbocycles. The zero-order valence-electron chi connectivity index (χ0n) is 11.3. The Morgan fingerprint density at radius 2 is 2.16 bits per heavy atom. The van der Waals surface area contributed by atoms with Crippen molar-refractivity contribution in [1.29, 1.82) is 0 Å². The van der Waals surface area contributed by atoms with Crippen LogP contribution in [-0.2, 0) is 4.74 Å². The zero-order valence-corrected chi connectivity index (χ0v) is 11.3. The number of methoxy groups -OCH3 is 1. The van der Waals surface area contributed by atoms with Gasteiger partial charge in [0.05, 0.1) is 19.3 Å². The number of aromatic nitrogens is 1. The molecule has 2 aliphatic heterocycles. The van der Waals surface area contributed by atoms with Crippen molar-refractivity contribution >= 4 is 0 Å². The molecular weight excluding hydrogens is 242 g/mol. The number of morpholine rings is 1. The molecule has 19 heavy (non-hydrogen) atoms. The number of hydrogen-bond donors (Lipinski definition) is 1. The van der Waals surface area contributed by atoms with Crippen molar-refractivity contribution in [2.75, 3.05) is 26.7 Å². The number of likely N-dealkylation sites (tertiary alicyclic amines) is 1. The van der Waals surface area contributed by atoms with Crippen molar-refractivity contribution in [3.05, 3.63) is 23.9 Å². The van der Waals surface area contributed by atoms with E-state index in [2.05, 4.69) is 16.0 Å². The second-order valence-electron chi connectivity index (χ2n) is 5.30. The molecule has 0 radical (unpaired) electrons. The monoisotopic (exact) mass is 263 g/mol. The molecule has 2 fully saturated rings. The first-order valence-electron chi connectivity index (χ1n) is 6.89. The van der Waals surface area contributed by atoms with E-state index in [0.29, 0.717) is 24.6 Å². The number of pyridine rings is 1. The maximum atomic E-state index is 5.98. The predicted octanol–water partition coefficient (Wildman–Crippen LogP) is 0.953. The number of nitrogens with zero attached hydrogens (tertiary/aromatic N) is 2. The van der Waals surface area contributed by atoms with E-state index in [9.17, 15) is 0 Å². The molecule has 2 aliphatic rings. The lowest BCUT2D eigenvalue weighted by molar-refractivity contribution is -0.0521. The van der Waals surface area contributed by atoms with Gasteiger partial charge in [0.15, 0.2) is 0 Å². The minimum Gasteiger partial charge on any atom is -0.481 e. The Morgan fingerprint density at radius 3 is 2.68 bits per heavy atom. The van der Waals surface area contributed by atoms with E-state index in [1.54, 1.807) is 7.11 Å². The van der Waals surface area contributed by atoms with Crippen molar-refractivity contribution in [1.82, 2.24) is 9.88 Å². The summed E-state index contributed by atoms with van der Waals surface area (Å²) in [4.78, 5) is 6.72. The molecule has 0 spiro atoms. The summed E-state index contributed by atoms with van der Waals surface area (Å²) in [5, 5.41) is 0. The molecule has 5 heteroatoms. The van der Waals surface area contributed by atoms with Crippen LogP contribution in [0.1, 0.15) is 24.4 Å². The van der Waals surface area contributed by atoms with Gasteiger partial charge in [-0.15, -0.1) is 0 Å². The van der Waals surface area contributed by atoms with Crippen LogP contribution in [0.25, 0.3) is 0 Å². The number of nitrogens with two attached hydrogens (primary N) is 1. The number of hydrogen-bond acceptors (Lipinski definition) is 5. The predicted molar refractivity (Wildman–Crippen MR) is 72.1 cm³/mol. The lowest BCUT2D eigenvalue weighted by atomic mass is 10.1. The van der Waals surface area contributed by atoms with Crippen LogP contribution in [0.2, 0.25) is 0 Å². The Morgan fingerprint density at radius 1 is 1.42 bits per heavy atom. The highest BCUT2D eigenvalue weighted by Crippen LogP contribution is 2.31.